The van der Waals surface area contributed by atoms with Gasteiger partial charge in [0.2, 0.25) is 6.41 Å². The number of carboxylic acid groups (broad SMARTS) is 1. The van der Waals surface area contributed by atoms with E-state index in [9.17, 15) is 9.59 Å². The second-order valence-corrected chi connectivity index (χ2v) is 3.56. The van der Waals surface area contributed by atoms with Crippen molar-refractivity contribution in [3.63, 3.8) is 0 Å². The van der Waals surface area contributed by atoms with Crippen LogP contribution in [0.3, 0.4) is 0 Å². The van der Waals surface area contributed by atoms with Crippen molar-refractivity contribution in [3.8, 4) is 0 Å². The Balaban J connectivity index is 2.84. The van der Waals surface area contributed by atoms with Gasteiger partial charge in [0.1, 0.15) is 5.54 Å². The zero-order chi connectivity index (χ0) is 11.3. The van der Waals surface area contributed by atoms with Crippen LogP contribution in [0.15, 0.2) is 30.3 Å². The van der Waals surface area contributed by atoms with E-state index < -0.39 is 11.5 Å². The molecule has 1 amide bonds. The first-order valence-electron chi connectivity index (χ1n) is 4.57. The molecule has 15 heavy (non-hydrogen) atoms. The maximum atomic E-state index is 11.0. The lowest BCUT2D eigenvalue weighted by Crippen LogP contribution is -2.50. The summed E-state index contributed by atoms with van der Waals surface area (Å²) in [6.07, 6.45) is 0.680. The largest absolute Gasteiger partial charge is 0.480 e. The molecule has 1 unspecified atom stereocenters. The van der Waals surface area contributed by atoms with Crippen molar-refractivity contribution >= 4 is 12.4 Å². The molecule has 0 bridgehead atoms. The Hall–Kier alpha value is -1.84. The molecule has 0 heterocycles. The summed E-state index contributed by atoms with van der Waals surface area (Å²) < 4.78 is 0. The van der Waals surface area contributed by atoms with Crippen LogP contribution in [0, 0.1) is 0 Å². The van der Waals surface area contributed by atoms with Crippen LogP contribution in [0.5, 0.6) is 0 Å². The molecule has 1 atom stereocenters. The van der Waals surface area contributed by atoms with Gasteiger partial charge in [-0.05, 0) is 12.5 Å². The summed E-state index contributed by atoms with van der Waals surface area (Å²) in [5.41, 5.74) is -0.375. The first-order valence-corrected chi connectivity index (χ1v) is 4.57. The summed E-state index contributed by atoms with van der Waals surface area (Å²) in [6, 6.07) is 9.17. The van der Waals surface area contributed by atoms with Gasteiger partial charge in [0.15, 0.2) is 0 Å². The molecule has 0 spiro atoms. The van der Waals surface area contributed by atoms with Crippen molar-refractivity contribution in [3.05, 3.63) is 35.9 Å². The predicted molar refractivity (Wildman–Crippen MR) is 55.4 cm³/mol. The van der Waals surface area contributed by atoms with Crippen LogP contribution in [0.2, 0.25) is 0 Å². The van der Waals surface area contributed by atoms with E-state index in [1.807, 2.05) is 30.3 Å². The maximum Gasteiger partial charge on any atom is 0.329 e. The number of hydrogen-bond donors (Lipinski definition) is 2. The number of rotatable bonds is 5. The molecule has 0 aliphatic rings. The highest BCUT2D eigenvalue weighted by Crippen LogP contribution is 2.12. The van der Waals surface area contributed by atoms with Crippen molar-refractivity contribution < 1.29 is 14.7 Å². The summed E-state index contributed by atoms with van der Waals surface area (Å²) in [7, 11) is 0. The zero-order valence-corrected chi connectivity index (χ0v) is 8.43. The lowest BCUT2D eigenvalue weighted by atomic mass is 9.93. The third-order valence-electron chi connectivity index (χ3n) is 2.25. The molecule has 0 aliphatic carbocycles. The molecule has 1 aromatic rings. The minimum absolute atomic E-state index is 0.266. The van der Waals surface area contributed by atoms with E-state index in [1.54, 1.807) is 0 Å². The summed E-state index contributed by atoms with van der Waals surface area (Å²) in [5.74, 6) is -1.04. The van der Waals surface area contributed by atoms with Gasteiger partial charge in [0.25, 0.3) is 0 Å². The van der Waals surface area contributed by atoms with Gasteiger partial charge >= 0.3 is 5.97 Å². The van der Waals surface area contributed by atoms with Crippen molar-refractivity contribution in [1.29, 1.82) is 0 Å². The van der Waals surface area contributed by atoms with Crippen LogP contribution in [0.4, 0.5) is 0 Å². The van der Waals surface area contributed by atoms with Crippen LogP contribution in [-0.2, 0) is 16.0 Å². The first-order chi connectivity index (χ1) is 7.08. The molecular weight excluding hydrogens is 194 g/mol. The zero-order valence-electron chi connectivity index (χ0n) is 8.43. The van der Waals surface area contributed by atoms with E-state index in [0.717, 1.165) is 5.56 Å². The molecule has 4 heteroatoms. The van der Waals surface area contributed by atoms with Crippen LogP contribution in [-0.4, -0.2) is 23.0 Å². The molecule has 0 saturated carbocycles. The van der Waals surface area contributed by atoms with E-state index >= 15 is 0 Å². The lowest BCUT2D eigenvalue weighted by Gasteiger charge is -2.23. The van der Waals surface area contributed by atoms with Gasteiger partial charge in [-0.3, -0.25) is 4.79 Å². The molecular formula is C11H13NO3. The normalized spacial score (nSPS) is 13.9. The molecule has 80 valence electrons. The fourth-order valence-electron chi connectivity index (χ4n) is 1.32. The monoisotopic (exact) mass is 207 g/mol. The summed E-state index contributed by atoms with van der Waals surface area (Å²) in [4.78, 5) is 21.3. The van der Waals surface area contributed by atoms with Crippen molar-refractivity contribution in [1.82, 2.24) is 5.32 Å². The maximum absolute atomic E-state index is 11.0. The van der Waals surface area contributed by atoms with E-state index in [-0.39, 0.29) is 6.42 Å². The van der Waals surface area contributed by atoms with Gasteiger partial charge in [-0.1, -0.05) is 30.3 Å². The summed E-state index contributed by atoms with van der Waals surface area (Å²) in [6.45, 7) is 1.48. The molecule has 0 aromatic heterocycles. The fraction of sp³-hybridized carbons (Fsp3) is 0.273. The minimum Gasteiger partial charge on any atom is -0.480 e. The standard InChI is InChI=1S/C11H13NO3/c1-11(10(14)15,12-8-13)7-9-5-3-2-4-6-9/h2-6,8H,7H2,1H3,(H,12,13)(H,14,15). The number of carboxylic acids is 1. The molecule has 0 fully saturated rings. The Morgan fingerprint density at radius 3 is 2.53 bits per heavy atom. The minimum atomic E-state index is -1.25. The average molecular weight is 207 g/mol. The Bertz CT molecular complexity index is 350. The van der Waals surface area contributed by atoms with Crippen LogP contribution < -0.4 is 5.32 Å². The molecule has 4 nitrogen and oxygen atoms in total. The number of nitrogens with one attached hydrogen (secondary N) is 1. The quantitative estimate of drug-likeness (QED) is 0.702. The molecule has 0 aliphatic heterocycles. The summed E-state index contributed by atoms with van der Waals surface area (Å²) >= 11 is 0. The van der Waals surface area contributed by atoms with Gasteiger partial charge in [-0.15, -0.1) is 0 Å². The Morgan fingerprint density at radius 2 is 2.07 bits per heavy atom. The molecule has 0 saturated heterocycles. The van der Waals surface area contributed by atoms with E-state index in [1.165, 1.54) is 6.92 Å². The highest BCUT2D eigenvalue weighted by atomic mass is 16.4. The van der Waals surface area contributed by atoms with Gasteiger partial charge in [0.05, 0.1) is 0 Å². The number of aliphatic carboxylic acids is 1. The SMILES string of the molecule is CC(Cc1ccccc1)(NC=O)C(=O)O. The van der Waals surface area contributed by atoms with Gasteiger partial charge in [-0.25, -0.2) is 4.79 Å². The Labute approximate surface area is 87.9 Å². The van der Waals surface area contributed by atoms with Gasteiger partial charge < -0.3 is 10.4 Å². The van der Waals surface area contributed by atoms with Gasteiger partial charge in [-0.2, -0.15) is 0 Å². The highest BCUT2D eigenvalue weighted by molar-refractivity contribution is 5.81. The van der Waals surface area contributed by atoms with E-state index in [2.05, 4.69) is 5.32 Å². The number of hydrogen-bond acceptors (Lipinski definition) is 2. The fourth-order valence-corrected chi connectivity index (χ4v) is 1.32. The third kappa shape index (κ3) is 2.80. The second kappa shape index (κ2) is 4.59. The molecule has 1 aromatic carbocycles. The first kappa shape index (κ1) is 11.2. The molecule has 2 N–H and O–H groups in total. The Morgan fingerprint density at radius 1 is 1.47 bits per heavy atom. The third-order valence-corrected chi connectivity index (χ3v) is 2.25. The predicted octanol–water partition coefficient (Wildman–Crippen LogP) is 0.818. The van der Waals surface area contributed by atoms with Crippen molar-refractivity contribution in [2.45, 2.75) is 18.9 Å². The number of benzene rings is 1. The van der Waals surface area contributed by atoms with Gasteiger partial charge in [0, 0.05) is 6.42 Å². The summed E-state index contributed by atoms with van der Waals surface area (Å²) in [5, 5.41) is 11.3. The topological polar surface area (TPSA) is 66.4 Å². The smallest absolute Gasteiger partial charge is 0.329 e. The van der Waals surface area contributed by atoms with E-state index in [0.29, 0.717) is 6.41 Å². The number of carbonyl (C=O) groups excluding carboxylic acids is 1. The molecule has 1 rings (SSSR count). The van der Waals surface area contributed by atoms with Crippen molar-refractivity contribution in [2.24, 2.45) is 0 Å². The Kier molecular flexibility index (Phi) is 3.44. The van der Waals surface area contributed by atoms with Crippen molar-refractivity contribution in [2.75, 3.05) is 0 Å². The number of amides is 1. The molecule has 0 radical (unpaired) electrons. The lowest BCUT2D eigenvalue weighted by molar-refractivity contribution is -0.145. The van der Waals surface area contributed by atoms with Crippen LogP contribution in [0.1, 0.15) is 12.5 Å². The highest BCUT2D eigenvalue weighted by Gasteiger charge is 2.32. The number of carbonyl (C=O) groups is 2. The van der Waals surface area contributed by atoms with E-state index in [4.69, 9.17) is 5.11 Å². The average Bonchev–Trinajstić information content (AvgIpc) is 2.19. The van der Waals surface area contributed by atoms with Crippen LogP contribution in [0.25, 0.3) is 0 Å². The van der Waals surface area contributed by atoms with Crippen LogP contribution >= 0.6 is 0 Å². The second-order valence-electron chi connectivity index (χ2n) is 3.56.